The monoisotopic (exact) mass is 418 g/mol. The summed E-state index contributed by atoms with van der Waals surface area (Å²) in [5, 5.41) is 11.5. The number of fused-ring (bicyclic) bond motifs is 1. The van der Waals surface area contributed by atoms with Crippen molar-refractivity contribution in [1.29, 1.82) is 0 Å². The number of halogens is 3. The van der Waals surface area contributed by atoms with Crippen molar-refractivity contribution in [2.75, 3.05) is 38.2 Å². The molecule has 1 saturated carbocycles. The molecule has 160 valence electrons. The molecule has 0 unspecified atom stereocenters. The summed E-state index contributed by atoms with van der Waals surface area (Å²) in [7, 11) is 0. The molecule has 5 nitrogen and oxygen atoms in total. The van der Waals surface area contributed by atoms with E-state index in [0.717, 1.165) is 51.8 Å². The zero-order chi connectivity index (χ0) is 20.7. The fourth-order valence-electron chi connectivity index (χ4n) is 5.26. The quantitative estimate of drug-likeness (QED) is 0.750. The fourth-order valence-corrected chi connectivity index (χ4v) is 5.26. The molecule has 2 saturated heterocycles. The summed E-state index contributed by atoms with van der Waals surface area (Å²) in [6, 6.07) is 5.00. The maximum absolute atomic E-state index is 14.0. The molecular formula is C22H25F3N4O. The molecule has 4 atom stereocenters. The molecule has 0 radical (unpaired) electrons. The lowest BCUT2D eigenvalue weighted by molar-refractivity contribution is 0.171. The van der Waals surface area contributed by atoms with Crippen LogP contribution in [0.1, 0.15) is 19.3 Å². The Labute approximate surface area is 173 Å². The third-order valence-electron chi connectivity index (χ3n) is 6.65. The summed E-state index contributed by atoms with van der Waals surface area (Å²) in [6.45, 7) is 5.24. The molecule has 0 spiro atoms. The first-order valence-corrected chi connectivity index (χ1v) is 10.6. The number of rotatable bonds is 5. The van der Waals surface area contributed by atoms with Gasteiger partial charge in [-0.1, -0.05) is 0 Å². The summed E-state index contributed by atoms with van der Waals surface area (Å²) in [4.78, 5) is 2.59. The van der Waals surface area contributed by atoms with Crippen molar-refractivity contribution in [3.63, 3.8) is 0 Å². The Morgan fingerprint density at radius 3 is 2.53 bits per heavy atom. The number of hydrogen-bond acceptors (Lipinski definition) is 5. The third-order valence-corrected chi connectivity index (χ3v) is 6.65. The van der Waals surface area contributed by atoms with E-state index >= 15 is 0 Å². The van der Waals surface area contributed by atoms with Crippen LogP contribution in [0.4, 0.5) is 19.0 Å². The van der Waals surface area contributed by atoms with Crippen molar-refractivity contribution in [2.24, 2.45) is 17.8 Å². The lowest BCUT2D eigenvalue weighted by atomic mass is 10.0. The minimum Gasteiger partial charge on any atom is -0.381 e. The first kappa shape index (κ1) is 19.8. The normalized spacial score (nSPS) is 28.8. The van der Waals surface area contributed by atoms with Crippen LogP contribution in [0.25, 0.3) is 11.3 Å². The molecule has 3 fully saturated rings. The Morgan fingerprint density at radius 1 is 1.07 bits per heavy atom. The van der Waals surface area contributed by atoms with Gasteiger partial charge < -0.3 is 15.0 Å². The van der Waals surface area contributed by atoms with Crippen LogP contribution in [0, 0.1) is 35.2 Å². The number of benzene rings is 1. The molecule has 2 aliphatic heterocycles. The second kappa shape index (κ2) is 8.15. The number of likely N-dealkylation sites (tertiary alicyclic amines) is 1. The van der Waals surface area contributed by atoms with E-state index < -0.39 is 17.5 Å². The van der Waals surface area contributed by atoms with Gasteiger partial charge in [-0.2, -0.15) is 0 Å². The van der Waals surface area contributed by atoms with Crippen molar-refractivity contribution in [1.82, 2.24) is 15.1 Å². The van der Waals surface area contributed by atoms with Gasteiger partial charge in [-0.15, -0.1) is 10.2 Å². The summed E-state index contributed by atoms with van der Waals surface area (Å²) in [5.41, 5.74) is -0.124. The van der Waals surface area contributed by atoms with Crippen molar-refractivity contribution < 1.29 is 17.9 Å². The van der Waals surface area contributed by atoms with Crippen LogP contribution in [-0.4, -0.2) is 54.0 Å². The number of hydrogen-bond donors (Lipinski definition) is 1. The Bertz CT molecular complexity index is 890. The number of nitrogens with zero attached hydrogens (tertiary/aromatic N) is 3. The van der Waals surface area contributed by atoms with Gasteiger partial charge >= 0.3 is 0 Å². The molecule has 8 heteroatoms. The van der Waals surface area contributed by atoms with Crippen molar-refractivity contribution >= 4 is 5.82 Å². The molecule has 2 aromatic rings. The van der Waals surface area contributed by atoms with Gasteiger partial charge in [0.2, 0.25) is 0 Å². The van der Waals surface area contributed by atoms with Crippen molar-refractivity contribution in [3.05, 3.63) is 41.7 Å². The summed E-state index contributed by atoms with van der Waals surface area (Å²) < 4.78 is 46.3. The highest BCUT2D eigenvalue weighted by Gasteiger charge is 2.41. The van der Waals surface area contributed by atoms with Gasteiger partial charge in [0.25, 0.3) is 0 Å². The fraction of sp³-hybridized carbons (Fsp3) is 0.545. The van der Waals surface area contributed by atoms with E-state index in [1.54, 1.807) is 6.07 Å². The molecular weight excluding hydrogens is 393 g/mol. The second-order valence-electron chi connectivity index (χ2n) is 8.83. The van der Waals surface area contributed by atoms with Crippen molar-refractivity contribution in [3.8, 4) is 11.3 Å². The van der Waals surface area contributed by atoms with Gasteiger partial charge in [-0.25, -0.2) is 13.2 Å². The molecule has 1 N–H and O–H groups in total. The maximum Gasteiger partial charge on any atom is 0.168 e. The van der Waals surface area contributed by atoms with Crippen LogP contribution >= 0.6 is 0 Å². The van der Waals surface area contributed by atoms with Crippen LogP contribution in [-0.2, 0) is 4.74 Å². The van der Waals surface area contributed by atoms with Crippen LogP contribution in [0.5, 0.6) is 0 Å². The van der Waals surface area contributed by atoms with E-state index in [-0.39, 0.29) is 11.3 Å². The molecule has 0 bridgehead atoms. The summed E-state index contributed by atoms with van der Waals surface area (Å²) in [6.07, 6.45) is 3.36. The number of ether oxygens (including phenoxy) is 1. The maximum atomic E-state index is 14.0. The SMILES string of the molecule is Fc1cc(F)c(F)c(-c2ccc(N[C@H]3C[C@@H]4CN(C[C@@H]5CCOC5)C[C@@H]4C3)nn2)c1. The molecule has 1 aromatic carbocycles. The Balaban J connectivity index is 1.17. The minimum atomic E-state index is -1.24. The number of anilines is 1. The molecule has 1 aliphatic carbocycles. The largest absolute Gasteiger partial charge is 0.381 e. The van der Waals surface area contributed by atoms with E-state index in [9.17, 15) is 13.2 Å². The molecule has 1 aromatic heterocycles. The average Bonchev–Trinajstić information content (AvgIpc) is 3.43. The topological polar surface area (TPSA) is 50.3 Å². The van der Waals surface area contributed by atoms with E-state index in [1.165, 1.54) is 12.5 Å². The van der Waals surface area contributed by atoms with Gasteiger partial charge in [0, 0.05) is 43.9 Å². The minimum absolute atomic E-state index is 0.103. The zero-order valence-electron chi connectivity index (χ0n) is 16.7. The predicted molar refractivity (Wildman–Crippen MR) is 106 cm³/mol. The van der Waals surface area contributed by atoms with Gasteiger partial charge in [0.15, 0.2) is 11.6 Å². The van der Waals surface area contributed by atoms with Crippen LogP contribution in [0.15, 0.2) is 24.3 Å². The Morgan fingerprint density at radius 2 is 1.87 bits per heavy atom. The first-order valence-electron chi connectivity index (χ1n) is 10.6. The summed E-state index contributed by atoms with van der Waals surface area (Å²) >= 11 is 0. The predicted octanol–water partition coefficient (Wildman–Crippen LogP) is 3.72. The van der Waals surface area contributed by atoms with Gasteiger partial charge in [0.1, 0.15) is 11.6 Å². The highest BCUT2D eigenvalue weighted by Crippen LogP contribution is 2.39. The molecule has 0 amide bonds. The smallest absolute Gasteiger partial charge is 0.168 e. The van der Waals surface area contributed by atoms with E-state index in [2.05, 4.69) is 20.4 Å². The summed E-state index contributed by atoms with van der Waals surface area (Å²) in [5.74, 6) is -0.531. The number of nitrogens with one attached hydrogen (secondary N) is 1. The lowest BCUT2D eigenvalue weighted by Gasteiger charge is -2.22. The lowest BCUT2D eigenvalue weighted by Crippen LogP contribution is -2.30. The van der Waals surface area contributed by atoms with E-state index in [1.807, 2.05) is 0 Å². The van der Waals surface area contributed by atoms with Gasteiger partial charge in [0.05, 0.1) is 12.3 Å². The highest BCUT2D eigenvalue weighted by atomic mass is 19.2. The Hall–Kier alpha value is -2.19. The average molecular weight is 418 g/mol. The molecule has 5 rings (SSSR count). The van der Waals surface area contributed by atoms with Gasteiger partial charge in [-0.05, 0) is 55.2 Å². The van der Waals surface area contributed by atoms with Gasteiger partial charge in [-0.3, -0.25) is 0 Å². The number of aromatic nitrogens is 2. The standard InChI is InChI=1S/C22H25F3N4O/c23-16-7-18(22(25)19(24)8-16)20-1-2-21(28-27-20)26-17-5-14-10-29(11-15(14)6-17)9-13-3-4-30-12-13/h1-2,7-8,13-15,17H,3-6,9-12H2,(H,26,28)/t13-,14-,15+,17+/m0/s1. The van der Waals surface area contributed by atoms with Crippen LogP contribution < -0.4 is 5.32 Å². The van der Waals surface area contributed by atoms with E-state index in [4.69, 9.17) is 4.74 Å². The highest BCUT2D eigenvalue weighted by molar-refractivity contribution is 5.60. The van der Waals surface area contributed by atoms with E-state index in [0.29, 0.717) is 35.7 Å². The molecule has 3 aliphatic rings. The molecule has 3 heterocycles. The third kappa shape index (κ3) is 4.03. The molecule has 30 heavy (non-hydrogen) atoms. The Kier molecular flexibility index (Phi) is 5.37. The van der Waals surface area contributed by atoms with Crippen LogP contribution in [0.2, 0.25) is 0 Å². The zero-order valence-corrected chi connectivity index (χ0v) is 16.7. The first-order chi connectivity index (χ1) is 14.5. The van der Waals surface area contributed by atoms with Crippen molar-refractivity contribution in [2.45, 2.75) is 25.3 Å². The second-order valence-corrected chi connectivity index (χ2v) is 8.83. The van der Waals surface area contributed by atoms with Crippen LogP contribution in [0.3, 0.4) is 0 Å².